The minimum Gasteiger partial charge on any atom is -0.371 e. The van der Waals surface area contributed by atoms with Gasteiger partial charge in [-0.05, 0) is 18.9 Å². The molecule has 0 fully saturated rings. The van der Waals surface area contributed by atoms with E-state index < -0.39 is 0 Å². The van der Waals surface area contributed by atoms with Crippen LogP contribution in [-0.4, -0.2) is 19.4 Å². The van der Waals surface area contributed by atoms with Gasteiger partial charge < -0.3 is 4.90 Å². The van der Waals surface area contributed by atoms with Crippen LogP contribution in [0.5, 0.6) is 0 Å². The molecule has 0 aromatic carbocycles. The minimum absolute atomic E-state index is 0.817. The SMILES string of the molecule is CCCN(CCC)c1csc(C=O)c1. The van der Waals surface area contributed by atoms with Crippen molar-refractivity contribution in [3.05, 3.63) is 16.3 Å². The number of nitrogens with zero attached hydrogens (tertiary/aromatic N) is 1. The topological polar surface area (TPSA) is 20.3 Å². The molecule has 0 N–H and O–H groups in total. The van der Waals surface area contributed by atoms with E-state index in [0.29, 0.717) is 0 Å². The minimum atomic E-state index is 0.817. The number of carbonyl (C=O) groups is 1. The molecule has 1 heterocycles. The maximum atomic E-state index is 10.6. The van der Waals surface area contributed by atoms with Gasteiger partial charge in [0.25, 0.3) is 0 Å². The summed E-state index contributed by atoms with van der Waals surface area (Å²) in [5.41, 5.74) is 1.20. The van der Waals surface area contributed by atoms with Crippen LogP contribution in [0.15, 0.2) is 11.4 Å². The number of hydrogen-bond donors (Lipinski definition) is 0. The van der Waals surface area contributed by atoms with Crippen molar-refractivity contribution in [1.82, 2.24) is 0 Å². The van der Waals surface area contributed by atoms with Crippen LogP contribution in [0.25, 0.3) is 0 Å². The average molecular weight is 211 g/mol. The summed E-state index contributed by atoms with van der Waals surface area (Å²) in [6.07, 6.45) is 3.21. The van der Waals surface area contributed by atoms with Gasteiger partial charge in [-0.15, -0.1) is 11.3 Å². The van der Waals surface area contributed by atoms with Crippen LogP contribution in [-0.2, 0) is 0 Å². The predicted octanol–water partition coefficient (Wildman–Crippen LogP) is 3.19. The van der Waals surface area contributed by atoms with Gasteiger partial charge in [-0.1, -0.05) is 13.8 Å². The van der Waals surface area contributed by atoms with E-state index in [1.165, 1.54) is 17.0 Å². The summed E-state index contributed by atoms with van der Waals surface area (Å²) in [5, 5.41) is 2.06. The van der Waals surface area contributed by atoms with E-state index >= 15 is 0 Å². The quantitative estimate of drug-likeness (QED) is 0.673. The van der Waals surface area contributed by atoms with E-state index in [-0.39, 0.29) is 0 Å². The summed E-state index contributed by atoms with van der Waals surface area (Å²) >= 11 is 1.52. The van der Waals surface area contributed by atoms with Gasteiger partial charge >= 0.3 is 0 Å². The van der Waals surface area contributed by atoms with Crippen molar-refractivity contribution in [1.29, 1.82) is 0 Å². The zero-order chi connectivity index (χ0) is 10.4. The van der Waals surface area contributed by atoms with Crippen molar-refractivity contribution in [3.8, 4) is 0 Å². The monoisotopic (exact) mass is 211 g/mol. The molecule has 14 heavy (non-hydrogen) atoms. The van der Waals surface area contributed by atoms with Gasteiger partial charge in [-0.3, -0.25) is 4.79 Å². The molecule has 3 heteroatoms. The Labute approximate surface area is 89.5 Å². The summed E-state index contributed by atoms with van der Waals surface area (Å²) in [7, 11) is 0. The summed E-state index contributed by atoms with van der Waals surface area (Å²) in [4.78, 5) is 13.7. The number of carbonyl (C=O) groups excluding carboxylic acids is 1. The Hall–Kier alpha value is -0.830. The van der Waals surface area contributed by atoms with E-state index in [2.05, 4.69) is 24.1 Å². The van der Waals surface area contributed by atoms with Gasteiger partial charge in [-0.25, -0.2) is 0 Å². The van der Waals surface area contributed by atoms with Crippen LogP contribution in [0.2, 0.25) is 0 Å². The Bertz CT molecular complexity index is 277. The van der Waals surface area contributed by atoms with Crippen molar-refractivity contribution in [2.45, 2.75) is 26.7 Å². The zero-order valence-corrected chi connectivity index (χ0v) is 9.64. The molecule has 1 aromatic heterocycles. The lowest BCUT2D eigenvalue weighted by atomic mass is 10.3. The molecule has 0 atom stereocenters. The molecule has 0 aliphatic carbocycles. The third kappa shape index (κ3) is 2.84. The average Bonchev–Trinajstić information content (AvgIpc) is 2.65. The number of rotatable bonds is 6. The van der Waals surface area contributed by atoms with Gasteiger partial charge in [-0.2, -0.15) is 0 Å². The maximum absolute atomic E-state index is 10.6. The van der Waals surface area contributed by atoms with E-state index in [4.69, 9.17) is 0 Å². The molecule has 0 saturated heterocycles. The van der Waals surface area contributed by atoms with Crippen LogP contribution in [0.3, 0.4) is 0 Å². The molecule has 0 bridgehead atoms. The van der Waals surface area contributed by atoms with Crippen LogP contribution in [0, 0.1) is 0 Å². The van der Waals surface area contributed by atoms with Crippen molar-refractivity contribution in [3.63, 3.8) is 0 Å². The molecule has 1 rings (SSSR count). The number of thiophene rings is 1. The smallest absolute Gasteiger partial charge is 0.160 e. The summed E-state index contributed by atoms with van der Waals surface area (Å²) < 4.78 is 0. The fourth-order valence-corrected chi connectivity index (χ4v) is 2.20. The van der Waals surface area contributed by atoms with Gasteiger partial charge in [0, 0.05) is 24.2 Å². The fraction of sp³-hybridized carbons (Fsp3) is 0.545. The highest BCUT2D eigenvalue weighted by Crippen LogP contribution is 2.22. The zero-order valence-electron chi connectivity index (χ0n) is 8.82. The van der Waals surface area contributed by atoms with Crippen molar-refractivity contribution >= 4 is 23.3 Å². The first-order valence-electron chi connectivity index (χ1n) is 5.10. The lowest BCUT2D eigenvalue weighted by Crippen LogP contribution is -2.24. The maximum Gasteiger partial charge on any atom is 0.160 e. The van der Waals surface area contributed by atoms with Crippen LogP contribution < -0.4 is 4.90 Å². The summed E-state index contributed by atoms with van der Waals surface area (Å²) in [6, 6.07) is 1.98. The first kappa shape index (κ1) is 11.2. The first-order valence-corrected chi connectivity index (χ1v) is 5.98. The molecule has 1 aromatic rings. The van der Waals surface area contributed by atoms with Crippen LogP contribution >= 0.6 is 11.3 Å². The molecular formula is C11H17NOS. The summed E-state index contributed by atoms with van der Waals surface area (Å²) in [5.74, 6) is 0. The van der Waals surface area contributed by atoms with E-state index in [0.717, 1.165) is 37.1 Å². The van der Waals surface area contributed by atoms with Gasteiger partial charge in [0.2, 0.25) is 0 Å². The van der Waals surface area contributed by atoms with Crippen LogP contribution in [0.1, 0.15) is 36.4 Å². The van der Waals surface area contributed by atoms with Gasteiger partial charge in [0.05, 0.1) is 4.88 Å². The van der Waals surface area contributed by atoms with Crippen molar-refractivity contribution < 1.29 is 4.79 Å². The van der Waals surface area contributed by atoms with Crippen molar-refractivity contribution in [2.75, 3.05) is 18.0 Å². The second kappa shape index (κ2) is 5.81. The predicted molar refractivity (Wildman–Crippen MR) is 62.5 cm³/mol. The van der Waals surface area contributed by atoms with E-state index in [1.807, 2.05) is 6.07 Å². The highest BCUT2D eigenvalue weighted by Gasteiger charge is 2.06. The molecular weight excluding hydrogens is 194 g/mol. The Morgan fingerprint density at radius 3 is 2.43 bits per heavy atom. The first-order chi connectivity index (χ1) is 6.81. The molecule has 0 saturated carbocycles. The number of aldehydes is 1. The second-order valence-corrected chi connectivity index (χ2v) is 4.25. The number of anilines is 1. The molecule has 78 valence electrons. The summed E-state index contributed by atoms with van der Waals surface area (Å²) in [6.45, 7) is 6.50. The molecule has 0 radical (unpaired) electrons. The highest BCUT2D eigenvalue weighted by molar-refractivity contribution is 7.12. The molecule has 0 amide bonds. The molecule has 2 nitrogen and oxygen atoms in total. The standard InChI is InChI=1S/C11H17NOS/c1-3-5-12(6-4-2)10-7-11(8-13)14-9-10/h7-9H,3-6H2,1-2H3. The highest BCUT2D eigenvalue weighted by atomic mass is 32.1. The largest absolute Gasteiger partial charge is 0.371 e. The van der Waals surface area contributed by atoms with Crippen molar-refractivity contribution in [2.24, 2.45) is 0 Å². The molecule has 0 spiro atoms. The second-order valence-electron chi connectivity index (χ2n) is 3.31. The molecule has 0 aliphatic rings. The number of hydrogen-bond acceptors (Lipinski definition) is 3. The Morgan fingerprint density at radius 2 is 2.00 bits per heavy atom. The van der Waals surface area contributed by atoms with Crippen LogP contribution in [0.4, 0.5) is 5.69 Å². The van der Waals surface area contributed by atoms with E-state index in [9.17, 15) is 4.79 Å². The Kier molecular flexibility index (Phi) is 4.66. The lowest BCUT2D eigenvalue weighted by molar-refractivity contribution is 0.112. The van der Waals surface area contributed by atoms with Gasteiger partial charge in [0.1, 0.15) is 0 Å². The Balaban J connectivity index is 2.70. The molecule has 0 aliphatic heterocycles. The fourth-order valence-electron chi connectivity index (χ4n) is 1.48. The third-order valence-electron chi connectivity index (χ3n) is 2.07. The third-order valence-corrected chi connectivity index (χ3v) is 2.92. The molecule has 0 unspecified atom stereocenters. The lowest BCUT2D eigenvalue weighted by Gasteiger charge is -2.21. The van der Waals surface area contributed by atoms with E-state index in [1.54, 1.807) is 0 Å². The van der Waals surface area contributed by atoms with Gasteiger partial charge in [0.15, 0.2) is 6.29 Å². The normalized spacial score (nSPS) is 10.1. The Morgan fingerprint density at radius 1 is 1.36 bits per heavy atom.